The molecule has 124 valence electrons. The summed E-state index contributed by atoms with van der Waals surface area (Å²) in [7, 11) is 0. The minimum absolute atomic E-state index is 0.243. The molecule has 0 saturated carbocycles. The molecule has 0 heterocycles. The summed E-state index contributed by atoms with van der Waals surface area (Å²) in [5.41, 5.74) is -0.715. The lowest BCUT2D eigenvalue weighted by Crippen LogP contribution is -2.10. The van der Waals surface area contributed by atoms with Crippen LogP contribution < -0.4 is 0 Å². The molecule has 0 radical (unpaired) electrons. The maximum Gasteiger partial charge on any atom is 0.288 e. The molecule has 0 aliphatic carbocycles. The molecule has 0 bridgehead atoms. The van der Waals surface area contributed by atoms with Crippen LogP contribution in [0, 0.1) is 32.6 Å². The quantitative estimate of drug-likeness (QED) is 0.433. The van der Waals surface area contributed by atoms with Crippen molar-refractivity contribution >= 4 is 27.9 Å². The van der Waals surface area contributed by atoms with Gasteiger partial charge in [0, 0.05) is 17.2 Å². The van der Waals surface area contributed by atoms with E-state index in [1.165, 1.54) is 19.1 Å². The number of nitro groups is 2. The van der Waals surface area contributed by atoms with E-state index in [2.05, 4.69) is 0 Å². The predicted molar refractivity (Wildman–Crippen MR) is 94.4 cm³/mol. The fourth-order valence-corrected chi connectivity index (χ4v) is 2.81. The maximum absolute atomic E-state index is 11.5. The van der Waals surface area contributed by atoms with Gasteiger partial charge in [-0.25, -0.2) is 0 Å². The van der Waals surface area contributed by atoms with Crippen LogP contribution >= 0.6 is 0 Å². The van der Waals surface area contributed by atoms with Crippen molar-refractivity contribution in [1.29, 1.82) is 5.41 Å². The summed E-state index contributed by atoms with van der Waals surface area (Å²) < 4.78 is 0. The van der Waals surface area contributed by atoms with Crippen LogP contribution in [0.4, 0.5) is 11.4 Å². The van der Waals surface area contributed by atoms with Gasteiger partial charge in [-0.15, -0.1) is 0 Å². The van der Waals surface area contributed by atoms with Gasteiger partial charge in [0.2, 0.25) is 0 Å². The largest absolute Gasteiger partial charge is 0.299 e. The average Bonchev–Trinajstić information content (AvgIpc) is 2.59. The van der Waals surface area contributed by atoms with Crippen molar-refractivity contribution in [1.82, 2.24) is 0 Å². The molecule has 1 N–H and O–H groups in total. The lowest BCUT2D eigenvalue weighted by Gasteiger charge is -2.09. The highest BCUT2D eigenvalue weighted by molar-refractivity contribution is 6.17. The molecule has 0 fully saturated rings. The summed E-state index contributed by atoms with van der Waals surface area (Å²) >= 11 is 0. The Kier molecular flexibility index (Phi) is 3.98. The lowest BCUT2D eigenvalue weighted by atomic mass is 9.95. The van der Waals surface area contributed by atoms with Crippen LogP contribution in [-0.2, 0) is 0 Å². The number of rotatable bonds is 4. The Morgan fingerprint density at radius 1 is 0.920 bits per heavy atom. The minimum Gasteiger partial charge on any atom is -0.299 e. The first-order chi connectivity index (χ1) is 11.9. The molecule has 0 aromatic heterocycles. The number of benzene rings is 3. The first kappa shape index (κ1) is 16.3. The first-order valence-corrected chi connectivity index (χ1v) is 7.40. The number of aryl methyl sites for hydroxylation is 1. The van der Waals surface area contributed by atoms with Crippen molar-refractivity contribution in [2.45, 2.75) is 6.92 Å². The van der Waals surface area contributed by atoms with Gasteiger partial charge in [-0.2, -0.15) is 0 Å². The molecule has 0 unspecified atom stereocenters. The molecule has 7 nitrogen and oxygen atoms in total. The van der Waals surface area contributed by atoms with Crippen molar-refractivity contribution < 1.29 is 9.85 Å². The van der Waals surface area contributed by atoms with Crippen LogP contribution in [0.3, 0.4) is 0 Å². The third-order valence-electron chi connectivity index (χ3n) is 4.03. The summed E-state index contributed by atoms with van der Waals surface area (Å²) in [6.45, 7) is 1.50. The highest BCUT2D eigenvalue weighted by atomic mass is 16.6. The SMILES string of the molecule is Cc1ccc([N+](=O)[O-])c(C(=N)c2ccc3ccccc3c2)c1[N+](=O)[O-]. The highest BCUT2D eigenvalue weighted by Crippen LogP contribution is 2.34. The maximum atomic E-state index is 11.5. The average molecular weight is 335 g/mol. The molecule has 0 amide bonds. The van der Waals surface area contributed by atoms with Gasteiger partial charge in [0.05, 0.1) is 15.6 Å². The molecule has 3 aromatic rings. The van der Waals surface area contributed by atoms with E-state index in [1.54, 1.807) is 18.2 Å². The van der Waals surface area contributed by atoms with Crippen LogP contribution in [0.15, 0.2) is 54.6 Å². The number of nitrogens with one attached hydrogen (secondary N) is 1. The van der Waals surface area contributed by atoms with E-state index in [9.17, 15) is 20.2 Å². The summed E-state index contributed by atoms with van der Waals surface area (Å²) in [5, 5.41) is 33.0. The monoisotopic (exact) mass is 335 g/mol. The zero-order chi connectivity index (χ0) is 18.1. The van der Waals surface area contributed by atoms with Crippen LogP contribution in [0.1, 0.15) is 16.7 Å². The summed E-state index contributed by atoms with van der Waals surface area (Å²) in [6, 6.07) is 15.1. The van der Waals surface area contributed by atoms with Gasteiger partial charge >= 0.3 is 0 Å². The topological polar surface area (TPSA) is 110 Å². The smallest absolute Gasteiger partial charge is 0.288 e. The van der Waals surface area contributed by atoms with Crippen LogP contribution in [0.2, 0.25) is 0 Å². The Balaban J connectivity index is 2.26. The standard InChI is InChI=1S/C18H13N3O4/c1-11-6-9-15(20(22)23)16(18(11)21(24)25)17(19)14-8-7-12-4-2-3-5-13(12)10-14/h2-10,19H,1H3. The number of hydrogen-bond acceptors (Lipinski definition) is 5. The fourth-order valence-electron chi connectivity index (χ4n) is 2.81. The Morgan fingerprint density at radius 3 is 2.24 bits per heavy atom. The van der Waals surface area contributed by atoms with E-state index in [0.717, 1.165) is 10.8 Å². The number of fused-ring (bicyclic) bond motifs is 1. The van der Waals surface area contributed by atoms with Crippen LogP contribution in [0.5, 0.6) is 0 Å². The van der Waals surface area contributed by atoms with E-state index in [-0.39, 0.29) is 16.8 Å². The third kappa shape index (κ3) is 2.83. The molecular formula is C18H13N3O4. The number of nitro benzene ring substituents is 2. The number of hydrogen-bond donors (Lipinski definition) is 1. The van der Waals surface area contributed by atoms with Gasteiger partial charge in [-0.3, -0.25) is 25.6 Å². The Bertz CT molecular complexity index is 1040. The van der Waals surface area contributed by atoms with E-state index in [4.69, 9.17) is 5.41 Å². The second-order valence-electron chi connectivity index (χ2n) is 5.58. The van der Waals surface area contributed by atoms with Gasteiger partial charge in [0.15, 0.2) is 5.56 Å². The van der Waals surface area contributed by atoms with E-state index in [1.807, 2.05) is 24.3 Å². The van der Waals surface area contributed by atoms with Gasteiger partial charge in [0.1, 0.15) is 0 Å². The second-order valence-corrected chi connectivity index (χ2v) is 5.58. The Morgan fingerprint density at radius 2 is 1.60 bits per heavy atom. The van der Waals surface area contributed by atoms with E-state index < -0.39 is 21.2 Å². The normalized spacial score (nSPS) is 10.6. The highest BCUT2D eigenvalue weighted by Gasteiger charge is 2.31. The van der Waals surface area contributed by atoms with Gasteiger partial charge in [0.25, 0.3) is 11.4 Å². The molecule has 0 aliphatic rings. The van der Waals surface area contributed by atoms with E-state index in [0.29, 0.717) is 5.56 Å². The van der Waals surface area contributed by atoms with E-state index >= 15 is 0 Å². The number of nitrogens with zero attached hydrogens (tertiary/aromatic N) is 2. The lowest BCUT2D eigenvalue weighted by molar-refractivity contribution is -0.394. The first-order valence-electron chi connectivity index (χ1n) is 7.40. The van der Waals surface area contributed by atoms with Crippen molar-refractivity contribution in [3.63, 3.8) is 0 Å². The van der Waals surface area contributed by atoms with Gasteiger partial charge < -0.3 is 0 Å². The van der Waals surface area contributed by atoms with Crippen LogP contribution in [0.25, 0.3) is 10.8 Å². The van der Waals surface area contributed by atoms with Gasteiger partial charge in [-0.05, 0) is 29.8 Å². The summed E-state index contributed by atoms with van der Waals surface area (Å²) in [6.07, 6.45) is 0. The molecule has 7 heteroatoms. The third-order valence-corrected chi connectivity index (χ3v) is 4.03. The van der Waals surface area contributed by atoms with Crippen molar-refractivity contribution in [2.75, 3.05) is 0 Å². The molecule has 0 aliphatic heterocycles. The fraction of sp³-hybridized carbons (Fsp3) is 0.0556. The molecule has 3 rings (SSSR count). The Labute approximate surface area is 142 Å². The summed E-state index contributed by atoms with van der Waals surface area (Å²) in [4.78, 5) is 21.4. The minimum atomic E-state index is -0.697. The molecule has 25 heavy (non-hydrogen) atoms. The summed E-state index contributed by atoms with van der Waals surface area (Å²) in [5.74, 6) is 0. The van der Waals surface area contributed by atoms with Crippen molar-refractivity contribution in [3.05, 3.63) is 91.5 Å². The van der Waals surface area contributed by atoms with Crippen molar-refractivity contribution in [2.24, 2.45) is 0 Å². The molecule has 0 saturated heterocycles. The second kappa shape index (κ2) is 6.12. The zero-order valence-electron chi connectivity index (χ0n) is 13.2. The molecule has 3 aromatic carbocycles. The van der Waals surface area contributed by atoms with Crippen LogP contribution in [-0.4, -0.2) is 15.6 Å². The Hall–Kier alpha value is -3.61. The molecule has 0 atom stereocenters. The van der Waals surface area contributed by atoms with Crippen molar-refractivity contribution in [3.8, 4) is 0 Å². The van der Waals surface area contributed by atoms with Gasteiger partial charge in [-0.1, -0.05) is 36.4 Å². The predicted octanol–water partition coefficient (Wildman–Crippen LogP) is 4.38. The zero-order valence-corrected chi connectivity index (χ0v) is 13.2. The molecule has 0 spiro atoms. The molecular weight excluding hydrogens is 322 g/mol.